The van der Waals surface area contributed by atoms with Crippen LogP contribution >= 0.6 is 0 Å². The quantitative estimate of drug-likeness (QED) is 0.855. The van der Waals surface area contributed by atoms with Gasteiger partial charge in [0.25, 0.3) is 0 Å². The average molecular weight is 261 g/mol. The summed E-state index contributed by atoms with van der Waals surface area (Å²) in [6.45, 7) is 2.85. The second-order valence-electron chi connectivity index (χ2n) is 5.29. The highest BCUT2D eigenvalue weighted by Gasteiger charge is 2.29. The molecule has 2 atom stereocenters. The van der Waals surface area contributed by atoms with E-state index in [0.717, 1.165) is 43.1 Å². The van der Waals surface area contributed by atoms with Crippen LogP contribution in [0, 0.1) is 5.92 Å². The zero-order valence-electron chi connectivity index (χ0n) is 11.1. The topological polar surface area (TPSA) is 67.6 Å². The lowest BCUT2D eigenvalue weighted by atomic mass is 10.1. The van der Waals surface area contributed by atoms with Crippen molar-refractivity contribution in [3.8, 4) is 0 Å². The van der Waals surface area contributed by atoms with Crippen LogP contribution in [0.4, 0.5) is 11.4 Å². The summed E-state index contributed by atoms with van der Waals surface area (Å²) in [5, 5.41) is 2.83. The Bertz CT molecular complexity index is 503. The summed E-state index contributed by atoms with van der Waals surface area (Å²) < 4.78 is 5.21. The van der Waals surface area contributed by atoms with Crippen molar-refractivity contribution in [2.45, 2.75) is 12.5 Å². The van der Waals surface area contributed by atoms with Crippen LogP contribution in [0.1, 0.15) is 18.0 Å². The molecule has 5 nitrogen and oxygen atoms in total. The smallest absolute Gasteiger partial charge is 0.245 e. The Morgan fingerprint density at radius 3 is 3.16 bits per heavy atom. The van der Waals surface area contributed by atoms with Crippen LogP contribution in [0.15, 0.2) is 18.2 Å². The van der Waals surface area contributed by atoms with Gasteiger partial charge >= 0.3 is 0 Å². The molecule has 5 heteroatoms. The van der Waals surface area contributed by atoms with Gasteiger partial charge in [0.05, 0.1) is 6.61 Å². The van der Waals surface area contributed by atoms with Crippen LogP contribution in [0.5, 0.6) is 0 Å². The number of nitrogens with zero attached hydrogens (tertiary/aromatic N) is 1. The first-order valence-electron chi connectivity index (χ1n) is 6.63. The van der Waals surface area contributed by atoms with Gasteiger partial charge in [0.2, 0.25) is 5.91 Å². The molecular weight excluding hydrogens is 242 g/mol. The fraction of sp³-hybridized carbons (Fsp3) is 0.500. The van der Waals surface area contributed by atoms with Crippen LogP contribution in [0.2, 0.25) is 0 Å². The van der Waals surface area contributed by atoms with Crippen LogP contribution in [0.25, 0.3) is 0 Å². The van der Waals surface area contributed by atoms with Gasteiger partial charge in [-0.3, -0.25) is 4.79 Å². The van der Waals surface area contributed by atoms with Crippen LogP contribution in [-0.2, 0) is 9.53 Å². The number of amides is 1. The predicted octanol–water partition coefficient (Wildman–Crippen LogP) is 1.11. The standard InChI is InChI=1S/C14H19N3O2/c1-19-8-9-4-5-17(7-9)10-2-3-11-12(6-10)16-14(18)13(11)15/h2-3,6,9,13H,4-5,7-8,15H2,1H3,(H,16,18). The number of hydrogen-bond donors (Lipinski definition) is 2. The predicted molar refractivity (Wildman–Crippen MR) is 74.2 cm³/mol. The summed E-state index contributed by atoms with van der Waals surface area (Å²) in [5.74, 6) is 0.473. The Morgan fingerprint density at radius 1 is 1.53 bits per heavy atom. The number of methoxy groups -OCH3 is 1. The van der Waals surface area contributed by atoms with E-state index in [0.29, 0.717) is 5.92 Å². The summed E-state index contributed by atoms with van der Waals surface area (Å²) in [6, 6.07) is 5.50. The molecule has 0 aliphatic carbocycles. The Hall–Kier alpha value is -1.59. The first-order chi connectivity index (χ1) is 9.19. The second kappa shape index (κ2) is 4.83. The first-order valence-corrected chi connectivity index (χ1v) is 6.63. The highest BCUT2D eigenvalue weighted by atomic mass is 16.5. The SMILES string of the molecule is COCC1CCN(c2ccc3c(c2)NC(=O)C3N)C1. The minimum Gasteiger partial charge on any atom is -0.384 e. The molecule has 2 heterocycles. The average Bonchev–Trinajstić information content (AvgIpc) is 2.96. The molecule has 1 aromatic rings. The number of rotatable bonds is 3. The molecule has 0 aromatic heterocycles. The number of carbonyl (C=O) groups is 1. The number of carbonyl (C=O) groups excluding carboxylic acids is 1. The molecule has 2 aliphatic rings. The van der Waals surface area contributed by atoms with Crippen molar-refractivity contribution in [3.05, 3.63) is 23.8 Å². The summed E-state index contributed by atoms with van der Waals surface area (Å²) in [5.41, 5.74) is 8.70. The monoisotopic (exact) mass is 261 g/mol. The summed E-state index contributed by atoms with van der Waals surface area (Å²) in [6.07, 6.45) is 1.15. The van der Waals surface area contributed by atoms with E-state index in [4.69, 9.17) is 10.5 Å². The molecule has 1 aromatic carbocycles. The molecule has 1 saturated heterocycles. The van der Waals surface area contributed by atoms with Gasteiger partial charge in [-0.2, -0.15) is 0 Å². The Balaban J connectivity index is 1.77. The number of ether oxygens (including phenoxy) is 1. The molecule has 0 spiro atoms. The van der Waals surface area contributed by atoms with Crippen molar-refractivity contribution in [1.82, 2.24) is 0 Å². The van der Waals surface area contributed by atoms with Gasteiger partial charge in [0.1, 0.15) is 6.04 Å². The first kappa shape index (κ1) is 12.4. The van der Waals surface area contributed by atoms with Gasteiger partial charge < -0.3 is 20.7 Å². The van der Waals surface area contributed by atoms with Gasteiger partial charge in [-0.05, 0) is 18.6 Å². The van der Waals surface area contributed by atoms with Crippen LogP contribution in [-0.4, -0.2) is 32.7 Å². The van der Waals surface area contributed by atoms with Gasteiger partial charge in [-0.25, -0.2) is 0 Å². The van der Waals surface area contributed by atoms with E-state index < -0.39 is 6.04 Å². The van der Waals surface area contributed by atoms with E-state index in [1.807, 2.05) is 18.2 Å². The van der Waals surface area contributed by atoms with Crippen molar-refractivity contribution in [1.29, 1.82) is 0 Å². The van der Waals surface area contributed by atoms with E-state index in [-0.39, 0.29) is 5.91 Å². The van der Waals surface area contributed by atoms with Crippen molar-refractivity contribution in [2.75, 3.05) is 37.0 Å². The van der Waals surface area contributed by atoms with E-state index in [1.165, 1.54) is 0 Å². The molecule has 2 aliphatic heterocycles. The number of benzene rings is 1. The molecular formula is C14H19N3O2. The van der Waals surface area contributed by atoms with Crippen molar-refractivity contribution < 1.29 is 9.53 Å². The van der Waals surface area contributed by atoms with Crippen molar-refractivity contribution >= 4 is 17.3 Å². The zero-order chi connectivity index (χ0) is 13.4. The lowest BCUT2D eigenvalue weighted by Crippen LogP contribution is -2.21. The normalized spacial score (nSPS) is 25.6. The third-order valence-corrected chi connectivity index (χ3v) is 3.97. The summed E-state index contributed by atoms with van der Waals surface area (Å²) in [4.78, 5) is 13.9. The van der Waals surface area contributed by atoms with Gasteiger partial charge in [-0.15, -0.1) is 0 Å². The minimum absolute atomic E-state index is 0.120. The molecule has 19 heavy (non-hydrogen) atoms. The Labute approximate surface area is 112 Å². The maximum atomic E-state index is 11.5. The molecule has 3 N–H and O–H groups in total. The maximum Gasteiger partial charge on any atom is 0.245 e. The summed E-state index contributed by atoms with van der Waals surface area (Å²) in [7, 11) is 1.75. The number of hydrogen-bond acceptors (Lipinski definition) is 4. The number of anilines is 2. The number of fused-ring (bicyclic) bond motifs is 1. The van der Waals surface area contributed by atoms with Crippen molar-refractivity contribution in [3.63, 3.8) is 0 Å². The highest BCUT2D eigenvalue weighted by Crippen LogP contribution is 2.34. The molecule has 102 valence electrons. The van der Waals surface area contributed by atoms with Gasteiger partial charge in [-0.1, -0.05) is 6.07 Å². The third-order valence-electron chi connectivity index (χ3n) is 3.97. The molecule has 3 rings (SSSR count). The maximum absolute atomic E-state index is 11.5. The van der Waals surface area contributed by atoms with E-state index in [2.05, 4.69) is 10.2 Å². The molecule has 2 unspecified atom stereocenters. The third kappa shape index (κ3) is 2.19. The van der Waals surface area contributed by atoms with E-state index in [1.54, 1.807) is 7.11 Å². The molecule has 0 radical (unpaired) electrons. The fourth-order valence-electron chi connectivity index (χ4n) is 2.91. The number of nitrogens with one attached hydrogen (secondary N) is 1. The Morgan fingerprint density at radius 2 is 2.37 bits per heavy atom. The highest BCUT2D eigenvalue weighted by molar-refractivity contribution is 6.02. The zero-order valence-corrected chi connectivity index (χ0v) is 11.1. The van der Waals surface area contributed by atoms with E-state index in [9.17, 15) is 4.79 Å². The lowest BCUT2D eigenvalue weighted by Gasteiger charge is -2.19. The number of nitrogens with two attached hydrogens (primary N) is 1. The molecule has 0 bridgehead atoms. The Kier molecular flexibility index (Phi) is 3.16. The molecule has 1 amide bonds. The van der Waals surface area contributed by atoms with Crippen LogP contribution in [0.3, 0.4) is 0 Å². The largest absolute Gasteiger partial charge is 0.384 e. The summed E-state index contributed by atoms with van der Waals surface area (Å²) >= 11 is 0. The second-order valence-corrected chi connectivity index (χ2v) is 5.29. The fourth-order valence-corrected chi connectivity index (χ4v) is 2.91. The van der Waals surface area contributed by atoms with Gasteiger partial charge in [0.15, 0.2) is 0 Å². The minimum atomic E-state index is -0.524. The van der Waals surface area contributed by atoms with E-state index >= 15 is 0 Å². The van der Waals surface area contributed by atoms with Gasteiger partial charge in [0, 0.05) is 43.1 Å². The van der Waals surface area contributed by atoms with Crippen molar-refractivity contribution in [2.24, 2.45) is 11.7 Å². The molecule has 0 saturated carbocycles. The molecule has 1 fully saturated rings. The van der Waals surface area contributed by atoms with Crippen LogP contribution < -0.4 is 16.0 Å². The lowest BCUT2D eigenvalue weighted by molar-refractivity contribution is -0.116.